The monoisotopic (exact) mass is 389 g/mol. The molecule has 1 amide bonds. The van der Waals surface area contributed by atoms with Crippen molar-refractivity contribution in [3.63, 3.8) is 0 Å². The molecule has 29 heavy (non-hydrogen) atoms. The van der Waals surface area contributed by atoms with Gasteiger partial charge in [0.2, 0.25) is 0 Å². The highest BCUT2D eigenvalue weighted by atomic mass is 19.1. The molecule has 0 saturated heterocycles. The van der Waals surface area contributed by atoms with Gasteiger partial charge in [0.25, 0.3) is 5.91 Å². The number of halogens is 1. The maximum absolute atomic E-state index is 13.5. The average Bonchev–Trinajstić information content (AvgIpc) is 3.46. The molecular formula is C22H16FN3O3. The number of carbonyl (C=O) groups is 1. The molecule has 5 rings (SSSR count). The van der Waals surface area contributed by atoms with E-state index in [4.69, 9.17) is 9.15 Å². The van der Waals surface area contributed by atoms with Crippen molar-refractivity contribution < 1.29 is 18.3 Å². The number of rotatable bonds is 4. The van der Waals surface area contributed by atoms with E-state index in [1.807, 2.05) is 24.3 Å². The van der Waals surface area contributed by atoms with E-state index in [1.54, 1.807) is 42.5 Å². The molecule has 0 spiro atoms. The summed E-state index contributed by atoms with van der Waals surface area (Å²) in [5.41, 5.74) is 2.98. The Bertz CT molecular complexity index is 1180. The van der Waals surface area contributed by atoms with Crippen LogP contribution in [-0.2, 0) is 0 Å². The molecule has 0 bridgehead atoms. The minimum Gasteiger partial charge on any atom is -0.496 e. The minimum absolute atomic E-state index is 0.281. The quantitative estimate of drug-likeness (QED) is 0.555. The number of furan rings is 1. The Morgan fingerprint density at radius 2 is 1.90 bits per heavy atom. The zero-order valence-electron chi connectivity index (χ0n) is 15.4. The van der Waals surface area contributed by atoms with E-state index in [2.05, 4.69) is 10.2 Å². The molecular weight excluding hydrogens is 373 g/mol. The molecule has 3 heterocycles. The first kappa shape index (κ1) is 17.2. The normalized spacial score (nSPS) is 15.6. The van der Waals surface area contributed by atoms with E-state index in [-0.39, 0.29) is 11.7 Å². The first-order valence-corrected chi connectivity index (χ1v) is 9.03. The largest absolute Gasteiger partial charge is 0.496 e. The van der Waals surface area contributed by atoms with Gasteiger partial charge in [0.1, 0.15) is 17.3 Å². The van der Waals surface area contributed by atoms with Crippen molar-refractivity contribution in [2.75, 3.05) is 12.0 Å². The Labute approximate surface area is 165 Å². The number of methoxy groups -OCH3 is 1. The summed E-state index contributed by atoms with van der Waals surface area (Å²) in [5, 5.41) is 7.20. The minimum atomic E-state index is -0.516. The lowest BCUT2D eigenvalue weighted by atomic mass is 9.97. The summed E-state index contributed by atoms with van der Waals surface area (Å²) in [6.07, 6.45) is 1.56. The van der Waals surface area contributed by atoms with E-state index >= 15 is 0 Å². The lowest BCUT2D eigenvalue weighted by Crippen LogP contribution is -2.29. The van der Waals surface area contributed by atoms with Crippen LogP contribution in [0.4, 0.5) is 10.1 Å². The fourth-order valence-electron chi connectivity index (χ4n) is 3.80. The maximum atomic E-state index is 13.5. The molecule has 7 heteroatoms. The molecule has 2 aromatic heterocycles. The van der Waals surface area contributed by atoms with Gasteiger partial charge in [-0.15, -0.1) is 0 Å². The number of nitrogens with zero attached hydrogens (tertiary/aromatic N) is 2. The SMILES string of the molecule is COc1ccccc1C1c2c(n[nH]c2-c2ccco2)C(=O)N1c1ccc(F)cc1. The van der Waals surface area contributed by atoms with Crippen LogP contribution in [0.3, 0.4) is 0 Å². The predicted octanol–water partition coefficient (Wildman–Crippen LogP) is 4.57. The first-order chi connectivity index (χ1) is 14.2. The van der Waals surface area contributed by atoms with Crippen LogP contribution >= 0.6 is 0 Å². The fraction of sp³-hybridized carbons (Fsp3) is 0.0909. The van der Waals surface area contributed by atoms with Gasteiger partial charge < -0.3 is 9.15 Å². The summed E-state index contributed by atoms with van der Waals surface area (Å²) in [5.74, 6) is 0.560. The second-order valence-corrected chi connectivity index (χ2v) is 6.63. The van der Waals surface area contributed by atoms with Gasteiger partial charge in [0, 0.05) is 16.8 Å². The number of hydrogen-bond acceptors (Lipinski definition) is 4. The molecule has 4 aromatic rings. The van der Waals surface area contributed by atoms with Gasteiger partial charge >= 0.3 is 0 Å². The van der Waals surface area contributed by atoms with Crippen LogP contribution in [0.2, 0.25) is 0 Å². The van der Waals surface area contributed by atoms with Gasteiger partial charge in [-0.2, -0.15) is 5.10 Å². The first-order valence-electron chi connectivity index (χ1n) is 9.03. The molecule has 1 aliphatic rings. The van der Waals surface area contributed by atoms with Gasteiger partial charge in [0.05, 0.1) is 19.4 Å². The number of nitrogens with one attached hydrogen (secondary N) is 1. The van der Waals surface area contributed by atoms with Crippen molar-refractivity contribution in [2.24, 2.45) is 0 Å². The molecule has 0 fully saturated rings. The van der Waals surface area contributed by atoms with E-state index in [9.17, 15) is 9.18 Å². The summed E-state index contributed by atoms with van der Waals surface area (Å²) >= 11 is 0. The predicted molar refractivity (Wildman–Crippen MR) is 104 cm³/mol. The number of carbonyl (C=O) groups excluding carboxylic acids is 1. The molecule has 1 N–H and O–H groups in total. The molecule has 1 atom stereocenters. The van der Waals surface area contributed by atoms with Crippen LogP contribution in [0.25, 0.3) is 11.5 Å². The standard InChI is InChI=1S/C22H16FN3O3/c1-28-16-6-3-2-5-15(16)21-18-19(17-7-4-12-29-17)24-25-20(18)22(27)26(21)14-10-8-13(23)9-11-14/h2-12,21H,1H3,(H,24,25). The maximum Gasteiger partial charge on any atom is 0.280 e. The molecule has 2 aromatic carbocycles. The van der Waals surface area contributed by atoms with Gasteiger partial charge in [-0.05, 0) is 42.5 Å². The third-order valence-electron chi connectivity index (χ3n) is 5.06. The number of amides is 1. The van der Waals surface area contributed by atoms with Crippen molar-refractivity contribution in [2.45, 2.75) is 6.04 Å². The molecule has 6 nitrogen and oxygen atoms in total. The molecule has 0 radical (unpaired) electrons. The van der Waals surface area contributed by atoms with E-state index in [1.165, 1.54) is 12.1 Å². The van der Waals surface area contributed by atoms with Crippen LogP contribution in [0, 0.1) is 5.82 Å². The van der Waals surface area contributed by atoms with Crippen molar-refractivity contribution in [3.8, 4) is 17.2 Å². The Kier molecular flexibility index (Phi) is 3.94. The Morgan fingerprint density at radius 3 is 2.62 bits per heavy atom. The fourth-order valence-corrected chi connectivity index (χ4v) is 3.80. The topological polar surface area (TPSA) is 71.4 Å². The Hall–Kier alpha value is -3.87. The molecule has 144 valence electrons. The molecule has 1 aliphatic heterocycles. The van der Waals surface area contributed by atoms with Crippen molar-refractivity contribution in [1.29, 1.82) is 0 Å². The zero-order valence-corrected chi connectivity index (χ0v) is 15.4. The zero-order chi connectivity index (χ0) is 20.0. The van der Waals surface area contributed by atoms with Crippen molar-refractivity contribution in [3.05, 3.63) is 89.6 Å². The second kappa shape index (κ2) is 6.63. The average molecular weight is 389 g/mol. The molecule has 0 saturated carbocycles. The number of aromatic nitrogens is 2. The van der Waals surface area contributed by atoms with Gasteiger partial charge in [-0.25, -0.2) is 4.39 Å². The van der Waals surface area contributed by atoms with Crippen LogP contribution in [0.15, 0.2) is 71.3 Å². The summed E-state index contributed by atoms with van der Waals surface area (Å²) in [6.45, 7) is 0. The second-order valence-electron chi connectivity index (χ2n) is 6.63. The number of para-hydroxylation sites is 1. The van der Waals surface area contributed by atoms with Crippen molar-refractivity contribution >= 4 is 11.6 Å². The highest BCUT2D eigenvalue weighted by molar-refractivity contribution is 6.11. The van der Waals surface area contributed by atoms with E-state index < -0.39 is 6.04 Å². The summed E-state index contributed by atoms with van der Waals surface area (Å²) in [6, 6.07) is 16.4. The number of anilines is 1. The lowest BCUT2D eigenvalue weighted by molar-refractivity contribution is 0.0988. The van der Waals surface area contributed by atoms with Crippen molar-refractivity contribution in [1.82, 2.24) is 10.2 Å². The Balaban J connectivity index is 1.76. The molecule has 1 unspecified atom stereocenters. The Morgan fingerprint density at radius 1 is 1.10 bits per heavy atom. The van der Waals surface area contributed by atoms with Crippen LogP contribution < -0.4 is 9.64 Å². The number of H-pyrrole nitrogens is 1. The number of aromatic amines is 1. The van der Waals surface area contributed by atoms with E-state index in [0.29, 0.717) is 34.1 Å². The third-order valence-corrected chi connectivity index (χ3v) is 5.06. The number of fused-ring (bicyclic) bond motifs is 1. The van der Waals surface area contributed by atoms with E-state index in [0.717, 1.165) is 5.56 Å². The van der Waals surface area contributed by atoms with Crippen LogP contribution in [0.1, 0.15) is 27.7 Å². The molecule has 0 aliphatic carbocycles. The van der Waals surface area contributed by atoms with Gasteiger partial charge in [-0.3, -0.25) is 14.8 Å². The number of benzene rings is 2. The highest BCUT2D eigenvalue weighted by Gasteiger charge is 2.44. The number of hydrogen-bond donors (Lipinski definition) is 1. The highest BCUT2D eigenvalue weighted by Crippen LogP contribution is 2.47. The summed E-state index contributed by atoms with van der Waals surface area (Å²) in [4.78, 5) is 14.9. The number of ether oxygens (including phenoxy) is 1. The van der Waals surface area contributed by atoms with Gasteiger partial charge in [0.15, 0.2) is 11.5 Å². The van der Waals surface area contributed by atoms with Crippen LogP contribution in [-0.4, -0.2) is 23.2 Å². The smallest absolute Gasteiger partial charge is 0.280 e. The lowest BCUT2D eigenvalue weighted by Gasteiger charge is -2.27. The van der Waals surface area contributed by atoms with Gasteiger partial charge in [-0.1, -0.05) is 18.2 Å². The van der Waals surface area contributed by atoms with Crippen LogP contribution in [0.5, 0.6) is 5.75 Å². The third kappa shape index (κ3) is 2.62. The summed E-state index contributed by atoms with van der Waals surface area (Å²) in [7, 11) is 1.58. The summed E-state index contributed by atoms with van der Waals surface area (Å²) < 4.78 is 24.6.